The standard InChI is InChI=1S/C12H11F3N2O5/c1-6(11(19)22-2)16-10(18)7-3-8(12(13,14)15)5-9(4-7)17(20)21/h3-6H,1-2H3,(H,16,18)/t6-/m1/s1. The number of nitro groups is 1. The average molecular weight is 320 g/mol. The molecule has 1 rings (SSSR count). The molecule has 120 valence electrons. The van der Waals surface area contributed by atoms with Crippen molar-refractivity contribution in [2.24, 2.45) is 0 Å². The first-order chi connectivity index (χ1) is 10.1. The summed E-state index contributed by atoms with van der Waals surface area (Å²) in [4.78, 5) is 32.6. The lowest BCUT2D eigenvalue weighted by atomic mass is 10.1. The van der Waals surface area contributed by atoms with E-state index in [9.17, 15) is 32.9 Å². The van der Waals surface area contributed by atoms with E-state index in [1.165, 1.54) is 6.92 Å². The van der Waals surface area contributed by atoms with Crippen LogP contribution in [0.15, 0.2) is 18.2 Å². The topological polar surface area (TPSA) is 98.5 Å². The Bertz CT molecular complexity index is 615. The molecule has 0 aliphatic rings. The smallest absolute Gasteiger partial charge is 0.416 e. The molecule has 0 radical (unpaired) electrons. The number of alkyl halides is 3. The lowest BCUT2D eigenvalue weighted by Gasteiger charge is -2.13. The first-order valence-electron chi connectivity index (χ1n) is 5.81. The molecule has 0 spiro atoms. The van der Waals surface area contributed by atoms with Gasteiger partial charge in [0.15, 0.2) is 0 Å². The molecule has 0 saturated carbocycles. The van der Waals surface area contributed by atoms with E-state index in [1.54, 1.807) is 0 Å². The minimum atomic E-state index is -4.85. The predicted molar refractivity (Wildman–Crippen MR) is 67.0 cm³/mol. The Hall–Kier alpha value is -2.65. The predicted octanol–water partition coefficient (Wildman–Crippen LogP) is 1.90. The van der Waals surface area contributed by atoms with Crippen molar-refractivity contribution < 1.29 is 32.4 Å². The molecular formula is C12H11F3N2O5. The summed E-state index contributed by atoms with van der Waals surface area (Å²) in [6, 6.07) is 0.354. The van der Waals surface area contributed by atoms with Crippen LogP contribution in [0.3, 0.4) is 0 Å². The van der Waals surface area contributed by atoms with Gasteiger partial charge < -0.3 is 10.1 Å². The number of nitrogens with zero attached hydrogens (tertiary/aromatic N) is 1. The number of nitro benzene ring substituents is 1. The van der Waals surface area contributed by atoms with Crippen molar-refractivity contribution in [1.82, 2.24) is 5.32 Å². The lowest BCUT2D eigenvalue weighted by Crippen LogP contribution is -2.39. The number of carbonyl (C=O) groups is 2. The number of halogens is 3. The highest BCUT2D eigenvalue weighted by molar-refractivity contribution is 5.97. The maximum absolute atomic E-state index is 12.7. The Kier molecular flexibility index (Phi) is 5.07. The molecule has 1 amide bonds. The number of carbonyl (C=O) groups excluding carboxylic acids is 2. The fraction of sp³-hybridized carbons (Fsp3) is 0.333. The molecule has 0 fully saturated rings. The Labute approximate surface area is 122 Å². The zero-order valence-electron chi connectivity index (χ0n) is 11.4. The molecule has 0 heterocycles. The van der Waals surface area contributed by atoms with E-state index in [0.29, 0.717) is 18.2 Å². The van der Waals surface area contributed by atoms with Crippen LogP contribution < -0.4 is 5.32 Å². The molecule has 1 aromatic carbocycles. The summed E-state index contributed by atoms with van der Waals surface area (Å²) in [5, 5.41) is 12.8. The monoisotopic (exact) mass is 320 g/mol. The number of hydrogen-bond donors (Lipinski definition) is 1. The van der Waals surface area contributed by atoms with Crippen LogP contribution in [-0.2, 0) is 15.7 Å². The van der Waals surface area contributed by atoms with Gasteiger partial charge in [-0.25, -0.2) is 4.79 Å². The molecule has 22 heavy (non-hydrogen) atoms. The van der Waals surface area contributed by atoms with Crippen LogP contribution >= 0.6 is 0 Å². The van der Waals surface area contributed by atoms with Gasteiger partial charge in [0.1, 0.15) is 6.04 Å². The van der Waals surface area contributed by atoms with Gasteiger partial charge in [-0.3, -0.25) is 14.9 Å². The summed E-state index contributed by atoms with van der Waals surface area (Å²) in [5.74, 6) is -1.87. The van der Waals surface area contributed by atoms with Gasteiger partial charge in [0, 0.05) is 17.7 Å². The largest absolute Gasteiger partial charge is 0.467 e. The van der Waals surface area contributed by atoms with Crippen molar-refractivity contribution in [2.45, 2.75) is 19.1 Å². The van der Waals surface area contributed by atoms with Gasteiger partial charge >= 0.3 is 12.1 Å². The number of rotatable bonds is 4. The van der Waals surface area contributed by atoms with Gasteiger partial charge in [0.2, 0.25) is 0 Å². The summed E-state index contributed by atoms with van der Waals surface area (Å²) in [6.45, 7) is 1.26. The molecule has 10 heteroatoms. The molecule has 0 aliphatic heterocycles. The van der Waals surface area contributed by atoms with E-state index < -0.39 is 45.8 Å². The van der Waals surface area contributed by atoms with E-state index in [2.05, 4.69) is 10.1 Å². The number of nitrogens with one attached hydrogen (secondary N) is 1. The van der Waals surface area contributed by atoms with E-state index in [-0.39, 0.29) is 0 Å². The number of methoxy groups -OCH3 is 1. The summed E-state index contributed by atoms with van der Waals surface area (Å²) < 4.78 is 42.4. The van der Waals surface area contributed by atoms with Crippen LogP contribution in [0.1, 0.15) is 22.8 Å². The molecule has 7 nitrogen and oxygen atoms in total. The second-order valence-electron chi connectivity index (χ2n) is 4.24. The first kappa shape index (κ1) is 17.4. The normalized spacial score (nSPS) is 12.4. The van der Waals surface area contributed by atoms with Crippen LogP contribution in [-0.4, -0.2) is 30.0 Å². The molecule has 1 atom stereocenters. The van der Waals surface area contributed by atoms with E-state index in [1.807, 2.05) is 0 Å². The van der Waals surface area contributed by atoms with Crippen molar-refractivity contribution in [3.8, 4) is 0 Å². The van der Waals surface area contributed by atoms with Crippen molar-refractivity contribution in [1.29, 1.82) is 0 Å². The van der Waals surface area contributed by atoms with Gasteiger partial charge in [-0.1, -0.05) is 0 Å². The highest BCUT2D eigenvalue weighted by Gasteiger charge is 2.33. The van der Waals surface area contributed by atoms with Gasteiger partial charge in [-0.15, -0.1) is 0 Å². The summed E-state index contributed by atoms with van der Waals surface area (Å²) >= 11 is 0. The van der Waals surface area contributed by atoms with Crippen LogP contribution in [0.25, 0.3) is 0 Å². The average Bonchev–Trinajstić information content (AvgIpc) is 2.44. The minimum Gasteiger partial charge on any atom is -0.467 e. The number of amides is 1. The summed E-state index contributed by atoms with van der Waals surface area (Å²) in [5.41, 5.74) is -2.81. The van der Waals surface area contributed by atoms with E-state index >= 15 is 0 Å². The van der Waals surface area contributed by atoms with E-state index in [0.717, 1.165) is 7.11 Å². The molecule has 1 aromatic rings. The number of non-ortho nitro benzene ring substituents is 1. The SMILES string of the molecule is COC(=O)[C@@H](C)NC(=O)c1cc([N+](=O)[O-])cc(C(F)(F)F)c1. The highest BCUT2D eigenvalue weighted by Crippen LogP contribution is 2.32. The number of esters is 1. The minimum absolute atomic E-state index is 0.320. The van der Waals surface area contributed by atoms with Gasteiger partial charge in [-0.2, -0.15) is 13.2 Å². The second kappa shape index (κ2) is 6.41. The molecule has 0 unspecified atom stereocenters. The van der Waals surface area contributed by atoms with E-state index in [4.69, 9.17) is 0 Å². The molecule has 0 saturated heterocycles. The summed E-state index contributed by atoms with van der Waals surface area (Å²) in [6.07, 6.45) is -4.85. The molecule has 0 bridgehead atoms. The molecular weight excluding hydrogens is 309 g/mol. The third-order valence-electron chi connectivity index (χ3n) is 2.62. The molecule has 0 aromatic heterocycles. The Balaban J connectivity index is 3.18. The maximum Gasteiger partial charge on any atom is 0.416 e. The maximum atomic E-state index is 12.7. The Morgan fingerprint density at radius 2 is 1.91 bits per heavy atom. The highest BCUT2D eigenvalue weighted by atomic mass is 19.4. The number of ether oxygens (including phenoxy) is 1. The van der Waals surface area contributed by atoms with Crippen LogP contribution in [0.2, 0.25) is 0 Å². The fourth-order valence-corrected chi connectivity index (χ4v) is 1.53. The zero-order valence-corrected chi connectivity index (χ0v) is 11.4. The third kappa shape index (κ3) is 4.17. The van der Waals surface area contributed by atoms with Gasteiger partial charge in [0.05, 0.1) is 17.6 Å². The second-order valence-corrected chi connectivity index (χ2v) is 4.24. The quantitative estimate of drug-likeness (QED) is 0.519. The third-order valence-corrected chi connectivity index (χ3v) is 2.62. The van der Waals surface area contributed by atoms with Crippen molar-refractivity contribution in [2.75, 3.05) is 7.11 Å². The Morgan fingerprint density at radius 3 is 2.36 bits per heavy atom. The summed E-state index contributed by atoms with van der Waals surface area (Å²) in [7, 11) is 1.07. The van der Waals surface area contributed by atoms with Crippen molar-refractivity contribution >= 4 is 17.6 Å². The van der Waals surface area contributed by atoms with Gasteiger partial charge in [0.25, 0.3) is 11.6 Å². The Morgan fingerprint density at radius 1 is 1.32 bits per heavy atom. The van der Waals surface area contributed by atoms with Crippen LogP contribution in [0.5, 0.6) is 0 Å². The zero-order chi connectivity index (χ0) is 17.1. The lowest BCUT2D eigenvalue weighted by molar-refractivity contribution is -0.385. The van der Waals surface area contributed by atoms with Crippen molar-refractivity contribution in [3.05, 3.63) is 39.4 Å². The molecule has 0 aliphatic carbocycles. The fourth-order valence-electron chi connectivity index (χ4n) is 1.53. The molecule has 1 N–H and O–H groups in total. The number of benzene rings is 1. The van der Waals surface area contributed by atoms with Crippen LogP contribution in [0.4, 0.5) is 18.9 Å². The van der Waals surface area contributed by atoms with Gasteiger partial charge in [-0.05, 0) is 13.0 Å². The van der Waals surface area contributed by atoms with Crippen LogP contribution in [0, 0.1) is 10.1 Å². The number of hydrogen-bond acceptors (Lipinski definition) is 5. The first-order valence-corrected chi connectivity index (χ1v) is 5.81. The van der Waals surface area contributed by atoms with Crippen molar-refractivity contribution in [3.63, 3.8) is 0 Å².